The second kappa shape index (κ2) is 8.15. The highest BCUT2D eigenvalue weighted by molar-refractivity contribution is 5.67. The van der Waals surface area contributed by atoms with E-state index in [0.29, 0.717) is 19.1 Å². The summed E-state index contributed by atoms with van der Waals surface area (Å²) in [5.41, 5.74) is 0.938. The quantitative estimate of drug-likeness (QED) is 0.887. The highest BCUT2D eigenvalue weighted by Crippen LogP contribution is 2.35. The van der Waals surface area contributed by atoms with Gasteiger partial charge in [0, 0.05) is 25.7 Å². The zero-order valence-electron chi connectivity index (χ0n) is 15.2. The zero-order valence-corrected chi connectivity index (χ0v) is 15.2. The maximum absolute atomic E-state index is 11.9. The van der Waals surface area contributed by atoms with E-state index in [1.165, 1.54) is 0 Å². The molecule has 6 nitrogen and oxygen atoms in total. The van der Waals surface area contributed by atoms with Crippen molar-refractivity contribution in [3.8, 4) is 0 Å². The molecule has 2 unspecified atom stereocenters. The lowest BCUT2D eigenvalue weighted by Crippen LogP contribution is -2.48. The maximum Gasteiger partial charge on any atom is 0.407 e. The van der Waals surface area contributed by atoms with Crippen molar-refractivity contribution in [1.82, 2.24) is 15.2 Å². The summed E-state index contributed by atoms with van der Waals surface area (Å²) in [6.45, 7) is 7.87. The first kappa shape index (κ1) is 18.1. The van der Waals surface area contributed by atoms with Crippen LogP contribution in [0.15, 0.2) is 24.4 Å². The average Bonchev–Trinajstić information content (AvgIpc) is 2.96. The van der Waals surface area contributed by atoms with Crippen molar-refractivity contribution in [2.75, 3.05) is 26.3 Å². The van der Waals surface area contributed by atoms with Crippen LogP contribution in [0, 0.1) is 5.92 Å². The van der Waals surface area contributed by atoms with Gasteiger partial charge in [0.2, 0.25) is 0 Å². The molecule has 1 N–H and O–H groups in total. The number of nitrogens with one attached hydrogen (secondary N) is 1. The van der Waals surface area contributed by atoms with Gasteiger partial charge in [-0.1, -0.05) is 19.9 Å². The van der Waals surface area contributed by atoms with Crippen molar-refractivity contribution < 1.29 is 14.3 Å². The monoisotopic (exact) mass is 347 g/mol. The van der Waals surface area contributed by atoms with E-state index in [1.54, 1.807) is 0 Å². The third-order valence-electron chi connectivity index (χ3n) is 4.81. The molecule has 3 heterocycles. The molecule has 1 amide bonds. The fourth-order valence-electron chi connectivity index (χ4n) is 3.72. The fraction of sp³-hybridized carbons (Fsp3) is 0.684. The molecular weight excluding hydrogens is 318 g/mol. The molecule has 2 saturated heterocycles. The number of alkyl carbamates (subject to hydrolysis) is 1. The number of amides is 1. The Morgan fingerprint density at radius 1 is 1.52 bits per heavy atom. The molecule has 0 radical (unpaired) electrons. The second-order valence-electron chi connectivity index (χ2n) is 7.67. The molecule has 2 atom stereocenters. The summed E-state index contributed by atoms with van der Waals surface area (Å²) >= 11 is 0. The van der Waals surface area contributed by atoms with Crippen molar-refractivity contribution in [2.24, 2.45) is 5.92 Å². The van der Waals surface area contributed by atoms with Gasteiger partial charge >= 0.3 is 6.09 Å². The van der Waals surface area contributed by atoms with Crippen molar-refractivity contribution >= 4 is 6.09 Å². The molecule has 3 rings (SSSR count). The largest absolute Gasteiger partial charge is 0.449 e. The normalized spacial score (nSPS) is 26.9. The van der Waals surface area contributed by atoms with Crippen molar-refractivity contribution in [1.29, 1.82) is 0 Å². The van der Waals surface area contributed by atoms with Gasteiger partial charge < -0.3 is 14.8 Å². The predicted octanol–water partition coefficient (Wildman–Crippen LogP) is 2.59. The van der Waals surface area contributed by atoms with E-state index in [9.17, 15) is 4.79 Å². The summed E-state index contributed by atoms with van der Waals surface area (Å²) in [7, 11) is 0. The smallest absolute Gasteiger partial charge is 0.407 e. The van der Waals surface area contributed by atoms with Gasteiger partial charge in [-0.15, -0.1) is 0 Å². The first-order valence-corrected chi connectivity index (χ1v) is 9.24. The molecule has 0 saturated carbocycles. The van der Waals surface area contributed by atoms with Gasteiger partial charge in [-0.25, -0.2) is 4.79 Å². The van der Waals surface area contributed by atoms with Crippen LogP contribution in [0.25, 0.3) is 0 Å². The Balaban J connectivity index is 1.50. The third-order valence-corrected chi connectivity index (χ3v) is 4.81. The van der Waals surface area contributed by atoms with E-state index in [0.717, 1.165) is 44.6 Å². The van der Waals surface area contributed by atoms with Crippen LogP contribution < -0.4 is 5.32 Å². The number of hydrogen-bond acceptors (Lipinski definition) is 5. The van der Waals surface area contributed by atoms with Crippen molar-refractivity contribution in [3.05, 3.63) is 30.1 Å². The number of piperidine rings is 1. The van der Waals surface area contributed by atoms with E-state index in [-0.39, 0.29) is 17.7 Å². The van der Waals surface area contributed by atoms with Crippen LogP contribution in [-0.2, 0) is 16.0 Å². The molecular formula is C19H29N3O3. The highest BCUT2D eigenvalue weighted by atomic mass is 16.6. The minimum absolute atomic E-state index is 0.0365. The molecule has 0 bridgehead atoms. The average molecular weight is 347 g/mol. The van der Waals surface area contributed by atoms with Crippen molar-refractivity contribution in [2.45, 2.75) is 51.3 Å². The Labute approximate surface area is 149 Å². The van der Waals surface area contributed by atoms with Crippen LogP contribution in [0.1, 0.15) is 38.8 Å². The molecule has 0 aromatic carbocycles. The molecule has 1 aromatic heterocycles. The van der Waals surface area contributed by atoms with E-state index >= 15 is 0 Å². The van der Waals surface area contributed by atoms with Gasteiger partial charge in [0.1, 0.15) is 0 Å². The number of carbonyl (C=O) groups is 1. The number of aromatic nitrogens is 1. The summed E-state index contributed by atoms with van der Waals surface area (Å²) in [6, 6.07) is 6.06. The molecule has 2 aliphatic heterocycles. The molecule has 138 valence electrons. The maximum atomic E-state index is 11.9. The number of pyridine rings is 1. The Kier molecular flexibility index (Phi) is 5.91. The number of hydrogen-bond donors (Lipinski definition) is 1. The van der Waals surface area contributed by atoms with Gasteiger partial charge in [0.25, 0.3) is 0 Å². The van der Waals surface area contributed by atoms with Crippen LogP contribution in [0.4, 0.5) is 4.79 Å². The van der Waals surface area contributed by atoms with E-state index in [2.05, 4.69) is 21.3 Å². The van der Waals surface area contributed by atoms with E-state index in [1.807, 2.05) is 32.2 Å². The fourth-order valence-corrected chi connectivity index (χ4v) is 3.72. The summed E-state index contributed by atoms with van der Waals surface area (Å²) in [5.74, 6) is 0.343. The Morgan fingerprint density at radius 3 is 3.16 bits per heavy atom. The second-order valence-corrected chi connectivity index (χ2v) is 7.67. The predicted molar refractivity (Wildman–Crippen MR) is 95.2 cm³/mol. The molecule has 2 fully saturated rings. The van der Waals surface area contributed by atoms with Gasteiger partial charge in [0.15, 0.2) is 0 Å². The van der Waals surface area contributed by atoms with Crippen LogP contribution in [0.2, 0.25) is 0 Å². The molecule has 0 aliphatic carbocycles. The first-order valence-electron chi connectivity index (χ1n) is 9.24. The highest BCUT2D eigenvalue weighted by Gasteiger charge is 2.44. The number of carbonyl (C=O) groups excluding carboxylic acids is 1. The van der Waals surface area contributed by atoms with Gasteiger partial charge in [-0.05, 0) is 37.4 Å². The first-order chi connectivity index (χ1) is 12.0. The minimum atomic E-state index is -0.333. The van der Waals surface area contributed by atoms with Crippen LogP contribution >= 0.6 is 0 Å². The summed E-state index contributed by atoms with van der Waals surface area (Å²) in [4.78, 5) is 18.7. The lowest BCUT2D eigenvalue weighted by Gasteiger charge is -2.39. The number of rotatable bonds is 5. The molecule has 6 heteroatoms. The molecule has 1 spiro atoms. The molecule has 25 heavy (non-hydrogen) atoms. The standard InChI is InChI=1S/C19H29N3O3/c1-15(2)12-24-18(23)21-17-10-19(25-13-17)7-5-9-22(14-19)11-16-6-3-4-8-20-16/h3-4,6,8,15,17H,5,7,9-14H2,1-2H3,(H,21,23). The Bertz CT molecular complexity index is 566. The van der Waals surface area contributed by atoms with Crippen LogP contribution in [0.3, 0.4) is 0 Å². The lowest BCUT2D eigenvalue weighted by atomic mass is 9.88. The Hall–Kier alpha value is -1.66. The van der Waals surface area contributed by atoms with E-state index in [4.69, 9.17) is 9.47 Å². The minimum Gasteiger partial charge on any atom is -0.449 e. The lowest BCUT2D eigenvalue weighted by molar-refractivity contribution is -0.0536. The molecule has 2 aliphatic rings. The SMILES string of the molecule is CC(C)COC(=O)NC1COC2(CCCN(Cc3ccccn3)C2)C1. The van der Waals surface area contributed by atoms with Crippen LogP contribution in [-0.4, -0.2) is 53.9 Å². The summed E-state index contributed by atoms with van der Waals surface area (Å²) in [5, 5.41) is 2.95. The van der Waals surface area contributed by atoms with Gasteiger partial charge in [-0.3, -0.25) is 9.88 Å². The number of ether oxygens (including phenoxy) is 2. The van der Waals surface area contributed by atoms with Crippen LogP contribution in [0.5, 0.6) is 0 Å². The summed E-state index contributed by atoms with van der Waals surface area (Å²) in [6.07, 6.45) is 4.51. The van der Waals surface area contributed by atoms with Crippen molar-refractivity contribution in [3.63, 3.8) is 0 Å². The van der Waals surface area contributed by atoms with E-state index < -0.39 is 0 Å². The summed E-state index contributed by atoms with van der Waals surface area (Å²) < 4.78 is 11.4. The topological polar surface area (TPSA) is 63.7 Å². The zero-order chi connectivity index (χ0) is 17.7. The van der Waals surface area contributed by atoms with Gasteiger partial charge in [0.05, 0.1) is 30.6 Å². The third kappa shape index (κ3) is 5.16. The molecule has 1 aromatic rings. The number of likely N-dealkylation sites (tertiary alicyclic amines) is 1. The Morgan fingerprint density at radius 2 is 2.40 bits per heavy atom. The number of nitrogens with zero attached hydrogens (tertiary/aromatic N) is 2. The van der Waals surface area contributed by atoms with Gasteiger partial charge in [-0.2, -0.15) is 0 Å².